The molecule has 0 aromatic carbocycles. The van der Waals surface area contributed by atoms with Crippen LogP contribution < -0.4 is 10.6 Å². The number of allylic oxidation sites excluding steroid dienone is 2. The molecule has 0 atom stereocenters. The molecule has 3 rings (SSSR count). The monoisotopic (exact) mass is 378 g/mol. The number of nitrogens with zero attached hydrogens (tertiary/aromatic N) is 2. The van der Waals surface area contributed by atoms with Crippen molar-refractivity contribution in [1.82, 2.24) is 15.2 Å². The number of aryl methyl sites for hydroxylation is 1. The van der Waals surface area contributed by atoms with Gasteiger partial charge in [0.05, 0.1) is 17.1 Å². The maximum absolute atomic E-state index is 12.0. The number of carbonyl (C=O) groups excluding carboxylic acids is 1. The maximum Gasteiger partial charge on any atom is 0.250 e. The highest BCUT2D eigenvalue weighted by Crippen LogP contribution is 2.37. The topological polar surface area (TPSA) is 57.3 Å². The van der Waals surface area contributed by atoms with Crippen molar-refractivity contribution >= 4 is 17.3 Å². The van der Waals surface area contributed by atoms with E-state index in [-0.39, 0.29) is 5.91 Å². The van der Waals surface area contributed by atoms with Crippen molar-refractivity contribution in [2.24, 2.45) is 0 Å². The average molecular weight is 379 g/mol. The number of hydrogen-bond donors (Lipinski definition) is 2. The van der Waals surface area contributed by atoms with Gasteiger partial charge in [-0.25, -0.2) is 0 Å². The van der Waals surface area contributed by atoms with Gasteiger partial charge in [0.2, 0.25) is 0 Å². The fraction of sp³-hybridized carbons (Fsp3) is 0.435. The number of piperidine rings is 1. The second-order valence-corrected chi connectivity index (χ2v) is 7.56. The minimum Gasteiger partial charge on any atom is -0.376 e. The summed E-state index contributed by atoms with van der Waals surface area (Å²) in [6, 6.07) is 1.90. The number of nitrogens with one attached hydrogen (secondary N) is 2. The molecule has 2 N–H and O–H groups in total. The SMILES string of the molecule is C=C=C(NCCN1CCCCC1=C1CC1)c1cnc(C)c(NC(=O)C(=C)C)c1. The Balaban J connectivity index is 1.63. The minimum atomic E-state index is -0.204. The predicted molar refractivity (Wildman–Crippen MR) is 115 cm³/mol. The maximum atomic E-state index is 12.0. The molecule has 1 saturated heterocycles. The second kappa shape index (κ2) is 8.94. The molecule has 1 aliphatic carbocycles. The van der Waals surface area contributed by atoms with Crippen LogP contribution in [0.4, 0.5) is 5.69 Å². The fourth-order valence-electron chi connectivity index (χ4n) is 3.49. The number of amides is 1. The van der Waals surface area contributed by atoms with Crippen molar-refractivity contribution in [3.63, 3.8) is 0 Å². The Morgan fingerprint density at radius 2 is 2.11 bits per heavy atom. The summed E-state index contributed by atoms with van der Waals surface area (Å²) in [4.78, 5) is 18.9. The van der Waals surface area contributed by atoms with E-state index in [0.717, 1.165) is 36.6 Å². The van der Waals surface area contributed by atoms with Gasteiger partial charge in [-0.05, 0) is 52.0 Å². The molecule has 1 aromatic heterocycles. The third kappa shape index (κ3) is 4.93. The molecule has 1 amide bonds. The molecule has 2 heterocycles. The van der Waals surface area contributed by atoms with Crippen LogP contribution in [-0.2, 0) is 4.79 Å². The first kappa shape index (κ1) is 20.0. The Hall–Kier alpha value is -2.78. The molecule has 1 aliphatic heterocycles. The van der Waals surface area contributed by atoms with Crippen LogP contribution in [0.15, 0.2) is 48.0 Å². The number of hydrogen-bond acceptors (Lipinski definition) is 4. The molecule has 5 nitrogen and oxygen atoms in total. The molecule has 2 aliphatic rings. The molecule has 28 heavy (non-hydrogen) atoms. The van der Waals surface area contributed by atoms with Crippen LogP contribution in [-0.4, -0.2) is 35.4 Å². The van der Waals surface area contributed by atoms with E-state index in [1.807, 2.05) is 13.0 Å². The van der Waals surface area contributed by atoms with Crippen LogP contribution in [0.1, 0.15) is 50.3 Å². The number of carbonyl (C=O) groups is 1. The normalized spacial score (nSPS) is 15.7. The highest BCUT2D eigenvalue weighted by Gasteiger charge is 2.24. The van der Waals surface area contributed by atoms with Crippen molar-refractivity contribution in [3.8, 4) is 0 Å². The van der Waals surface area contributed by atoms with Gasteiger partial charge < -0.3 is 15.5 Å². The molecular weight excluding hydrogens is 348 g/mol. The summed E-state index contributed by atoms with van der Waals surface area (Å²) >= 11 is 0. The van der Waals surface area contributed by atoms with Crippen molar-refractivity contribution in [1.29, 1.82) is 0 Å². The Labute approximate surface area is 167 Å². The lowest BCUT2D eigenvalue weighted by Gasteiger charge is -2.32. The predicted octanol–water partition coefficient (Wildman–Crippen LogP) is 4.15. The Bertz CT molecular complexity index is 855. The number of likely N-dealkylation sites (tertiary alicyclic amines) is 1. The van der Waals surface area contributed by atoms with Gasteiger partial charge in [-0.1, -0.05) is 18.7 Å². The first-order valence-electron chi connectivity index (χ1n) is 10.0. The van der Waals surface area contributed by atoms with E-state index in [2.05, 4.69) is 39.4 Å². The fourth-order valence-corrected chi connectivity index (χ4v) is 3.49. The molecule has 0 unspecified atom stereocenters. The number of aromatic nitrogens is 1. The van der Waals surface area contributed by atoms with Gasteiger partial charge >= 0.3 is 0 Å². The van der Waals surface area contributed by atoms with Gasteiger partial charge in [0.25, 0.3) is 5.91 Å². The van der Waals surface area contributed by atoms with Gasteiger partial charge in [-0.3, -0.25) is 9.78 Å². The van der Waals surface area contributed by atoms with Crippen molar-refractivity contribution in [2.75, 3.05) is 25.0 Å². The lowest BCUT2D eigenvalue weighted by molar-refractivity contribution is -0.112. The molecule has 1 saturated carbocycles. The average Bonchev–Trinajstić information content (AvgIpc) is 3.52. The van der Waals surface area contributed by atoms with Crippen LogP contribution in [0, 0.1) is 6.92 Å². The Morgan fingerprint density at radius 1 is 1.32 bits per heavy atom. The lowest BCUT2D eigenvalue weighted by atomic mass is 10.1. The molecule has 148 valence electrons. The van der Waals surface area contributed by atoms with Gasteiger partial charge in [0, 0.05) is 42.7 Å². The van der Waals surface area contributed by atoms with Crippen LogP contribution in [0.3, 0.4) is 0 Å². The summed E-state index contributed by atoms with van der Waals surface area (Å²) in [5, 5.41) is 6.30. The van der Waals surface area contributed by atoms with E-state index >= 15 is 0 Å². The highest BCUT2D eigenvalue weighted by molar-refractivity contribution is 6.03. The summed E-state index contributed by atoms with van der Waals surface area (Å²) < 4.78 is 0. The van der Waals surface area contributed by atoms with Crippen molar-refractivity contribution in [3.05, 3.63) is 59.3 Å². The standard InChI is InChI=1S/C23H30N4O/c1-5-20(19-14-21(17(4)25-15-19)26-23(28)16(2)3)24-11-13-27-12-7-6-8-22(27)18-9-10-18/h14-15,24H,1-2,6-13H2,3-4H3,(H,26,28). The van der Waals surface area contributed by atoms with Crippen LogP contribution in [0.25, 0.3) is 5.70 Å². The second-order valence-electron chi connectivity index (χ2n) is 7.56. The molecular formula is C23H30N4O. The van der Waals surface area contributed by atoms with Crippen molar-refractivity contribution < 1.29 is 4.79 Å². The van der Waals surface area contributed by atoms with Crippen molar-refractivity contribution in [2.45, 2.75) is 46.0 Å². The van der Waals surface area contributed by atoms with E-state index in [1.54, 1.807) is 24.4 Å². The molecule has 1 aromatic rings. The Morgan fingerprint density at radius 3 is 2.79 bits per heavy atom. The summed E-state index contributed by atoms with van der Waals surface area (Å²) in [6.07, 6.45) is 8.16. The lowest BCUT2D eigenvalue weighted by Crippen LogP contribution is -2.34. The first-order valence-corrected chi connectivity index (χ1v) is 10.0. The van der Waals surface area contributed by atoms with E-state index < -0.39 is 0 Å². The quantitative estimate of drug-likeness (QED) is 0.553. The van der Waals surface area contributed by atoms with E-state index in [1.165, 1.54) is 32.1 Å². The molecule has 0 spiro atoms. The summed E-state index contributed by atoms with van der Waals surface area (Å²) in [5.74, 6) is -0.204. The number of rotatable bonds is 7. The van der Waals surface area contributed by atoms with Gasteiger partial charge in [0.1, 0.15) is 0 Å². The van der Waals surface area contributed by atoms with Crippen LogP contribution >= 0.6 is 0 Å². The largest absolute Gasteiger partial charge is 0.376 e. The smallest absolute Gasteiger partial charge is 0.250 e. The third-order valence-electron chi connectivity index (χ3n) is 5.25. The van der Waals surface area contributed by atoms with E-state index in [9.17, 15) is 4.79 Å². The van der Waals surface area contributed by atoms with Gasteiger partial charge in [-0.2, -0.15) is 0 Å². The third-order valence-corrected chi connectivity index (χ3v) is 5.25. The van der Waals surface area contributed by atoms with Crippen LogP contribution in [0.5, 0.6) is 0 Å². The van der Waals surface area contributed by atoms with Gasteiger partial charge in [-0.15, -0.1) is 5.73 Å². The zero-order valence-electron chi connectivity index (χ0n) is 17.0. The first-order chi connectivity index (χ1) is 13.5. The molecule has 0 bridgehead atoms. The number of anilines is 1. The number of pyridine rings is 1. The van der Waals surface area contributed by atoms with E-state index in [0.29, 0.717) is 11.3 Å². The summed E-state index contributed by atoms with van der Waals surface area (Å²) in [5.41, 5.74) is 9.78. The molecule has 0 radical (unpaired) electrons. The molecule has 2 fully saturated rings. The highest BCUT2D eigenvalue weighted by atomic mass is 16.1. The van der Waals surface area contributed by atoms with Crippen LogP contribution in [0.2, 0.25) is 0 Å². The molecule has 5 heteroatoms. The Kier molecular flexibility index (Phi) is 6.37. The zero-order valence-corrected chi connectivity index (χ0v) is 17.0. The minimum absolute atomic E-state index is 0.204. The van der Waals surface area contributed by atoms with Gasteiger partial charge in [0.15, 0.2) is 0 Å². The summed E-state index contributed by atoms with van der Waals surface area (Å²) in [6.45, 7) is 14.0. The van der Waals surface area contributed by atoms with E-state index in [4.69, 9.17) is 0 Å². The summed E-state index contributed by atoms with van der Waals surface area (Å²) in [7, 11) is 0. The zero-order chi connectivity index (χ0) is 20.1.